The molecule has 0 N–H and O–H groups in total. The van der Waals surface area contributed by atoms with E-state index in [9.17, 15) is 13.2 Å². The summed E-state index contributed by atoms with van der Waals surface area (Å²) >= 11 is 0. The maximum Gasteiger partial charge on any atom is 0.265 e. The number of nitrogens with zero attached hydrogens (tertiary/aromatic N) is 1. The molecule has 0 bridgehead atoms. The van der Waals surface area contributed by atoms with Gasteiger partial charge in [-0.3, -0.25) is 4.79 Å². The topological polar surface area (TPSA) is 63.7 Å². The number of para-hydroxylation sites is 1. The molecule has 0 fully saturated rings. The number of carbonyl (C=O) groups is 1. The summed E-state index contributed by atoms with van der Waals surface area (Å²) in [5, 5.41) is 1.18. The highest BCUT2D eigenvalue weighted by Gasteiger charge is 2.31. The van der Waals surface area contributed by atoms with Crippen molar-refractivity contribution in [3.8, 4) is 5.75 Å². The van der Waals surface area contributed by atoms with Crippen molar-refractivity contribution in [3.63, 3.8) is 0 Å². The Labute approximate surface area is 153 Å². The summed E-state index contributed by atoms with van der Waals surface area (Å²) in [6.07, 6.45) is 1.56. The zero-order chi connectivity index (χ0) is 18.7. The molecule has 0 radical (unpaired) electrons. The van der Waals surface area contributed by atoms with Gasteiger partial charge in [-0.25, -0.2) is 8.42 Å². The van der Waals surface area contributed by atoms with E-state index in [1.165, 1.54) is 10.3 Å². The van der Waals surface area contributed by atoms with Gasteiger partial charge >= 0.3 is 0 Å². The first-order chi connectivity index (χ1) is 12.3. The molecule has 1 atom stereocenters. The Morgan fingerprint density at radius 1 is 1.12 bits per heavy atom. The molecule has 2 aromatic rings. The van der Waals surface area contributed by atoms with Crippen LogP contribution in [-0.4, -0.2) is 32.7 Å². The molecule has 136 valence electrons. The lowest BCUT2D eigenvalue weighted by atomic mass is 10.1. The molecule has 0 aliphatic carbocycles. The lowest BCUT2D eigenvalue weighted by Crippen LogP contribution is -2.43. The van der Waals surface area contributed by atoms with Crippen molar-refractivity contribution in [2.24, 2.45) is 0 Å². The highest BCUT2D eigenvalue weighted by molar-refractivity contribution is 7.94. The van der Waals surface area contributed by atoms with Gasteiger partial charge in [0.1, 0.15) is 5.75 Å². The van der Waals surface area contributed by atoms with Crippen molar-refractivity contribution < 1.29 is 17.9 Å². The fourth-order valence-corrected chi connectivity index (χ4v) is 4.33. The van der Waals surface area contributed by atoms with Gasteiger partial charge in [-0.05, 0) is 55.3 Å². The van der Waals surface area contributed by atoms with Crippen molar-refractivity contribution in [1.29, 1.82) is 0 Å². The maximum atomic E-state index is 12.9. The number of hydrogen-bond acceptors (Lipinski definition) is 4. The number of carbonyl (C=O) groups excluding carboxylic acids is 1. The molecule has 0 unspecified atom stereocenters. The van der Waals surface area contributed by atoms with Crippen LogP contribution < -0.4 is 9.64 Å². The van der Waals surface area contributed by atoms with E-state index in [1.54, 1.807) is 18.2 Å². The predicted molar refractivity (Wildman–Crippen MR) is 102 cm³/mol. The fraction of sp³-hybridized carbons (Fsp3) is 0.250. The third-order valence-electron chi connectivity index (χ3n) is 4.10. The monoisotopic (exact) mass is 371 g/mol. The molecule has 5 nitrogen and oxygen atoms in total. The lowest BCUT2D eigenvalue weighted by Gasteiger charge is -2.28. The molecular weight excluding hydrogens is 350 g/mol. The largest absolute Gasteiger partial charge is 0.484 e. The van der Waals surface area contributed by atoms with Gasteiger partial charge in [0.15, 0.2) is 16.4 Å². The number of benzene rings is 2. The second-order valence-corrected chi connectivity index (χ2v) is 8.37. The number of sulfone groups is 1. The van der Waals surface area contributed by atoms with Crippen LogP contribution >= 0.6 is 0 Å². The van der Waals surface area contributed by atoms with Crippen molar-refractivity contribution in [2.75, 3.05) is 17.3 Å². The van der Waals surface area contributed by atoms with Gasteiger partial charge in [0.25, 0.3) is 5.91 Å². The first-order valence-electron chi connectivity index (χ1n) is 8.33. The molecule has 1 heterocycles. The van der Waals surface area contributed by atoms with Crippen LogP contribution in [0.5, 0.6) is 5.75 Å². The highest BCUT2D eigenvalue weighted by atomic mass is 32.2. The van der Waals surface area contributed by atoms with Crippen LogP contribution in [0, 0.1) is 13.8 Å². The third kappa shape index (κ3) is 4.32. The summed E-state index contributed by atoms with van der Waals surface area (Å²) in [6.45, 7) is 3.73. The standard InChI is InChI=1S/C20H21NO4S/c1-15-10-16(2)12-18(11-15)21(17-8-9-26(23,24)14-17)20(22)13-25-19-6-4-3-5-7-19/h3-12,17H,13-14H2,1-2H3/t17-/m0/s1. The van der Waals surface area contributed by atoms with Gasteiger partial charge in [-0.15, -0.1) is 0 Å². The lowest BCUT2D eigenvalue weighted by molar-refractivity contribution is -0.120. The Bertz CT molecular complexity index is 915. The van der Waals surface area contributed by atoms with E-state index in [-0.39, 0.29) is 18.3 Å². The van der Waals surface area contributed by atoms with Crippen LogP contribution in [-0.2, 0) is 14.6 Å². The summed E-state index contributed by atoms with van der Waals surface area (Å²) in [7, 11) is -3.28. The van der Waals surface area contributed by atoms with Crippen molar-refractivity contribution >= 4 is 21.4 Å². The predicted octanol–water partition coefficient (Wildman–Crippen LogP) is 3.03. The zero-order valence-corrected chi connectivity index (χ0v) is 15.6. The molecule has 6 heteroatoms. The SMILES string of the molecule is Cc1cc(C)cc(N(C(=O)COc2ccccc2)[C@H]2C=CS(=O)(=O)C2)c1. The highest BCUT2D eigenvalue weighted by Crippen LogP contribution is 2.25. The smallest absolute Gasteiger partial charge is 0.265 e. The molecule has 3 rings (SSSR count). The average Bonchev–Trinajstić information content (AvgIpc) is 2.93. The Balaban J connectivity index is 1.87. The van der Waals surface area contributed by atoms with Crippen molar-refractivity contribution in [1.82, 2.24) is 0 Å². The molecule has 0 spiro atoms. The molecular formula is C20H21NO4S. The van der Waals surface area contributed by atoms with Gasteiger partial charge < -0.3 is 9.64 Å². The van der Waals surface area contributed by atoms with Crippen LogP contribution in [0.4, 0.5) is 5.69 Å². The second-order valence-electron chi connectivity index (χ2n) is 6.44. The Morgan fingerprint density at radius 2 is 1.77 bits per heavy atom. The van der Waals surface area contributed by atoms with Crippen molar-refractivity contribution in [2.45, 2.75) is 19.9 Å². The van der Waals surface area contributed by atoms with E-state index in [2.05, 4.69) is 0 Å². The quantitative estimate of drug-likeness (QED) is 0.810. The minimum absolute atomic E-state index is 0.114. The summed E-state index contributed by atoms with van der Waals surface area (Å²) < 4.78 is 29.3. The van der Waals surface area contributed by atoms with Crippen molar-refractivity contribution in [3.05, 3.63) is 71.1 Å². The van der Waals surface area contributed by atoms with Gasteiger partial charge in [-0.1, -0.05) is 24.3 Å². The van der Waals surface area contributed by atoms with E-state index >= 15 is 0 Å². The zero-order valence-electron chi connectivity index (χ0n) is 14.8. The summed E-state index contributed by atoms with van der Waals surface area (Å²) in [4.78, 5) is 14.4. The Hall–Kier alpha value is -2.60. The Morgan fingerprint density at radius 3 is 2.35 bits per heavy atom. The van der Waals surface area contributed by atoms with Crippen LogP contribution in [0.1, 0.15) is 11.1 Å². The minimum Gasteiger partial charge on any atom is -0.484 e. The van der Waals surface area contributed by atoms with Gasteiger partial charge in [-0.2, -0.15) is 0 Å². The number of hydrogen-bond donors (Lipinski definition) is 0. The molecule has 0 saturated carbocycles. The van der Waals surface area contributed by atoms with Gasteiger partial charge in [0.2, 0.25) is 0 Å². The number of anilines is 1. The number of rotatable bonds is 5. The molecule has 0 aromatic heterocycles. The first-order valence-corrected chi connectivity index (χ1v) is 10.0. The molecule has 26 heavy (non-hydrogen) atoms. The van der Waals surface area contributed by atoms with Crippen LogP contribution in [0.2, 0.25) is 0 Å². The van der Waals surface area contributed by atoms with E-state index in [0.29, 0.717) is 11.4 Å². The van der Waals surface area contributed by atoms with Gasteiger partial charge in [0.05, 0.1) is 11.8 Å². The molecule has 2 aromatic carbocycles. The average molecular weight is 371 g/mol. The minimum atomic E-state index is -3.28. The van der Waals surface area contributed by atoms with Gasteiger partial charge in [0, 0.05) is 11.1 Å². The molecule has 1 amide bonds. The second kappa shape index (κ2) is 7.33. The van der Waals surface area contributed by atoms with E-state index in [0.717, 1.165) is 11.1 Å². The van der Waals surface area contributed by atoms with E-state index in [4.69, 9.17) is 4.74 Å². The van der Waals surface area contributed by atoms with Crippen LogP contribution in [0.25, 0.3) is 0 Å². The third-order valence-corrected chi connectivity index (χ3v) is 5.48. The fourth-order valence-electron chi connectivity index (χ4n) is 3.06. The number of aryl methyl sites for hydroxylation is 2. The summed E-state index contributed by atoms with van der Waals surface area (Å²) in [5.74, 6) is 0.193. The molecule has 0 saturated heterocycles. The summed E-state index contributed by atoms with van der Waals surface area (Å²) in [5.41, 5.74) is 2.69. The normalized spacial score (nSPS) is 17.8. The number of amides is 1. The summed E-state index contributed by atoms with van der Waals surface area (Å²) in [6, 6.07) is 14.3. The molecule has 1 aliphatic heterocycles. The van der Waals surface area contributed by atoms with E-state index < -0.39 is 15.9 Å². The van der Waals surface area contributed by atoms with Crippen LogP contribution in [0.3, 0.4) is 0 Å². The maximum absolute atomic E-state index is 12.9. The first kappa shape index (κ1) is 18.2. The number of ether oxygens (including phenoxy) is 1. The molecule has 1 aliphatic rings. The van der Waals surface area contributed by atoms with Crippen LogP contribution in [0.15, 0.2) is 60.0 Å². The Kier molecular flexibility index (Phi) is 5.13. The van der Waals surface area contributed by atoms with E-state index in [1.807, 2.05) is 50.2 Å².